The van der Waals surface area contributed by atoms with Crippen LogP contribution in [0.2, 0.25) is 0 Å². The Morgan fingerprint density at radius 3 is 2.80 bits per heavy atom. The molecule has 0 fully saturated rings. The molecule has 1 aromatic heterocycles. The maximum Gasteiger partial charge on any atom is 0.234 e. The maximum atomic E-state index is 5.31. The zero-order valence-electron chi connectivity index (χ0n) is 8.55. The molecule has 0 radical (unpaired) electrons. The summed E-state index contributed by atoms with van der Waals surface area (Å²) in [6.45, 7) is 0.464. The van der Waals surface area contributed by atoms with E-state index in [1.54, 1.807) is 4.68 Å². The van der Waals surface area contributed by atoms with Gasteiger partial charge in [-0.1, -0.05) is 18.2 Å². The van der Waals surface area contributed by atoms with Gasteiger partial charge in [0.2, 0.25) is 5.88 Å². The van der Waals surface area contributed by atoms with Crippen molar-refractivity contribution in [2.24, 2.45) is 0 Å². The SMILES string of the molecule is CNCOc1ccn(-c2ccccc2)n1. The summed E-state index contributed by atoms with van der Waals surface area (Å²) >= 11 is 0. The van der Waals surface area contributed by atoms with Gasteiger partial charge in [0, 0.05) is 12.3 Å². The Balaban J connectivity index is 2.14. The molecular weight excluding hydrogens is 190 g/mol. The molecular formula is C11H13N3O. The first-order valence-corrected chi connectivity index (χ1v) is 4.78. The van der Waals surface area contributed by atoms with Crippen LogP contribution >= 0.6 is 0 Å². The lowest BCUT2D eigenvalue weighted by Gasteiger charge is -2.01. The zero-order valence-corrected chi connectivity index (χ0v) is 8.55. The van der Waals surface area contributed by atoms with E-state index in [0.717, 1.165) is 5.69 Å². The van der Waals surface area contributed by atoms with Gasteiger partial charge in [-0.2, -0.15) is 0 Å². The van der Waals surface area contributed by atoms with Crippen LogP contribution in [0.15, 0.2) is 42.6 Å². The molecule has 1 heterocycles. The molecule has 78 valence electrons. The van der Waals surface area contributed by atoms with Crippen molar-refractivity contribution in [2.45, 2.75) is 0 Å². The number of benzene rings is 1. The van der Waals surface area contributed by atoms with Gasteiger partial charge in [-0.05, 0) is 19.2 Å². The lowest BCUT2D eigenvalue weighted by molar-refractivity contribution is 0.283. The van der Waals surface area contributed by atoms with Crippen molar-refractivity contribution in [3.8, 4) is 11.6 Å². The van der Waals surface area contributed by atoms with E-state index in [-0.39, 0.29) is 0 Å². The molecule has 0 unspecified atom stereocenters. The fourth-order valence-corrected chi connectivity index (χ4v) is 1.25. The number of rotatable bonds is 4. The Kier molecular flexibility index (Phi) is 2.99. The molecule has 2 aromatic rings. The normalized spacial score (nSPS) is 10.2. The lowest BCUT2D eigenvalue weighted by atomic mass is 10.3. The van der Waals surface area contributed by atoms with Gasteiger partial charge in [-0.15, -0.1) is 5.10 Å². The second-order valence-corrected chi connectivity index (χ2v) is 3.08. The average molecular weight is 203 g/mol. The monoisotopic (exact) mass is 203 g/mol. The molecule has 0 amide bonds. The van der Waals surface area contributed by atoms with Crippen molar-refractivity contribution >= 4 is 0 Å². The third-order valence-electron chi connectivity index (χ3n) is 1.95. The van der Waals surface area contributed by atoms with Gasteiger partial charge in [0.25, 0.3) is 0 Å². The number of hydrogen-bond donors (Lipinski definition) is 1. The summed E-state index contributed by atoms with van der Waals surface area (Å²) < 4.78 is 7.10. The molecule has 0 atom stereocenters. The summed E-state index contributed by atoms with van der Waals surface area (Å²) in [6, 6.07) is 11.8. The molecule has 0 saturated heterocycles. The van der Waals surface area contributed by atoms with E-state index in [2.05, 4.69) is 10.4 Å². The number of aromatic nitrogens is 2. The van der Waals surface area contributed by atoms with Gasteiger partial charge in [0.05, 0.1) is 5.69 Å². The predicted octanol–water partition coefficient (Wildman–Crippen LogP) is 1.43. The summed E-state index contributed by atoms with van der Waals surface area (Å²) in [5.74, 6) is 0.619. The van der Waals surface area contributed by atoms with Crippen molar-refractivity contribution in [2.75, 3.05) is 13.8 Å². The molecule has 4 heteroatoms. The largest absolute Gasteiger partial charge is 0.461 e. The fourth-order valence-electron chi connectivity index (χ4n) is 1.25. The first kappa shape index (κ1) is 9.73. The Hall–Kier alpha value is -1.81. The van der Waals surface area contributed by atoms with Crippen LogP contribution in [-0.4, -0.2) is 23.6 Å². The highest BCUT2D eigenvalue weighted by Gasteiger charge is 2.00. The minimum Gasteiger partial charge on any atom is -0.461 e. The summed E-state index contributed by atoms with van der Waals surface area (Å²) in [5.41, 5.74) is 1.02. The van der Waals surface area contributed by atoms with E-state index in [4.69, 9.17) is 4.74 Å². The first-order chi connectivity index (χ1) is 7.40. The van der Waals surface area contributed by atoms with E-state index < -0.39 is 0 Å². The second-order valence-electron chi connectivity index (χ2n) is 3.08. The van der Waals surface area contributed by atoms with Crippen LogP contribution in [0, 0.1) is 0 Å². The third-order valence-corrected chi connectivity index (χ3v) is 1.95. The van der Waals surface area contributed by atoms with E-state index in [0.29, 0.717) is 12.6 Å². The lowest BCUT2D eigenvalue weighted by Crippen LogP contribution is -2.14. The van der Waals surface area contributed by atoms with Gasteiger partial charge in [-0.25, -0.2) is 4.68 Å². The van der Waals surface area contributed by atoms with Crippen molar-refractivity contribution in [3.63, 3.8) is 0 Å². The van der Waals surface area contributed by atoms with E-state index >= 15 is 0 Å². The number of nitrogens with zero attached hydrogens (tertiary/aromatic N) is 2. The third kappa shape index (κ3) is 2.35. The van der Waals surface area contributed by atoms with Crippen molar-refractivity contribution in [1.82, 2.24) is 15.1 Å². The molecule has 15 heavy (non-hydrogen) atoms. The summed E-state index contributed by atoms with van der Waals surface area (Å²) in [4.78, 5) is 0. The van der Waals surface area contributed by atoms with Crippen LogP contribution in [-0.2, 0) is 0 Å². The quantitative estimate of drug-likeness (QED) is 0.764. The minimum atomic E-state index is 0.464. The maximum absolute atomic E-state index is 5.31. The topological polar surface area (TPSA) is 39.1 Å². The van der Waals surface area contributed by atoms with E-state index in [1.807, 2.05) is 49.6 Å². The summed E-state index contributed by atoms with van der Waals surface area (Å²) in [5, 5.41) is 7.17. The molecule has 0 spiro atoms. The molecule has 1 N–H and O–H groups in total. The predicted molar refractivity (Wildman–Crippen MR) is 58.1 cm³/mol. The van der Waals surface area contributed by atoms with Crippen LogP contribution in [0.4, 0.5) is 0 Å². The van der Waals surface area contributed by atoms with Gasteiger partial charge in [0.1, 0.15) is 6.73 Å². The van der Waals surface area contributed by atoms with Crippen molar-refractivity contribution in [3.05, 3.63) is 42.6 Å². The van der Waals surface area contributed by atoms with Crippen LogP contribution in [0.3, 0.4) is 0 Å². The highest BCUT2D eigenvalue weighted by atomic mass is 16.5. The Morgan fingerprint density at radius 2 is 2.07 bits per heavy atom. The molecule has 4 nitrogen and oxygen atoms in total. The number of nitrogens with one attached hydrogen (secondary N) is 1. The van der Waals surface area contributed by atoms with Gasteiger partial charge in [-0.3, -0.25) is 5.32 Å². The molecule has 0 bridgehead atoms. The van der Waals surface area contributed by atoms with Crippen LogP contribution in [0.5, 0.6) is 5.88 Å². The number of hydrogen-bond acceptors (Lipinski definition) is 3. The van der Waals surface area contributed by atoms with Gasteiger partial charge < -0.3 is 4.74 Å². The van der Waals surface area contributed by atoms with Crippen molar-refractivity contribution < 1.29 is 4.74 Å². The van der Waals surface area contributed by atoms with Gasteiger partial charge >= 0.3 is 0 Å². The molecule has 0 aliphatic rings. The summed E-state index contributed by atoms with van der Waals surface area (Å²) in [7, 11) is 1.83. The Morgan fingerprint density at radius 1 is 1.27 bits per heavy atom. The number of ether oxygens (including phenoxy) is 1. The molecule has 0 saturated carbocycles. The summed E-state index contributed by atoms with van der Waals surface area (Å²) in [6.07, 6.45) is 1.88. The smallest absolute Gasteiger partial charge is 0.234 e. The van der Waals surface area contributed by atoms with E-state index in [9.17, 15) is 0 Å². The zero-order chi connectivity index (χ0) is 10.5. The molecule has 0 aliphatic heterocycles. The standard InChI is InChI=1S/C11H13N3O/c1-12-9-15-11-7-8-14(13-11)10-5-3-2-4-6-10/h2-8,12H,9H2,1H3. The fraction of sp³-hybridized carbons (Fsp3) is 0.182. The number of para-hydroxylation sites is 1. The molecule has 2 rings (SSSR count). The highest BCUT2D eigenvalue weighted by Crippen LogP contribution is 2.10. The molecule has 0 aliphatic carbocycles. The van der Waals surface area contributed by atoms with Crippen molar-refractivity contribution in [1.29, 1.82) is 0 Å². The first-order valence-electron chi connectivity index (χ1n) is 4.78. The second kappa shape index (κ2) is 4.61. The Bertz CT molecular complexity index is 411. The minimum absolute atomic E-state index is 0.464. The van der Waals surface area contributed by atoms with E-state index in [1.165, 1.54) is 0 Å². The highest BCUT2D eigenvalue weighted by molar-refractivity contribution is 5.31. The van der Waals surface area contributed by atoms with Crippen LogP contribution in [0.25, 0.3) is 5.69 Å². The van der Waals surface area contributed by atoms with Gasteiger partial charge in [0.15, 0.2) is 0 Å². The Labute approximate surface area is 88.5 Å². The van der Waals surface area contributed by atoms with Crippen LogP contribution in [0.1, 0.15) is 0 Å². The van der Waals surface area contributed by atoms with Crippen LogP contribution < -0.4 is 10.1 Å². The average Bonchev–Trinajstić information content (AvgIpc) is 2.76. The molecule has 1 aromatic carbocycles.